The van der Waals surface area contributed by atoms with Crippen LogP contribution in [0.5, 0.6) is 11.5 Å². The number of ether oxygens (including phenoxy) is 1. The molecule has 2 aromatic carbocycles. The Morgan fingerprint density at radius 2 is 1.87 bits per heavy atom. The predicted octanol–water partition coefficient (Wildman–Crippen LogP) is 3.93. The second-order valence-electron chi connectivity index (χ2n) is 6.75. The Hall–Kier alpha value is -3.23. The number of carbonyl (C=O) groups is 1. The van der Waals surface area contributed by atoms with Crippen molar-refractivity contribution in [1.29, 1.82) is 0 Å². The van der Waals surface area contributed by atoms with Gasteiger partial charge in [-0.3, -0.25) is 9.78 Å². The van der Waals surface area contributed by atoms with E-state index in [4.69, 9.17) is 9.84 Å². The van der Waals surface area contributed by atoms with Crippen LogP contribution in [0.4, 0.5) is 0 Å². The van der Waals surface area contributed by atoms with Gasteiger partial charge in [-0.15, -0.1) is 0 Å². The minimum absolute atomic E-state index is 0.0418. The second kappa shape index (κ2) is 9.51. The van der Waals surface area contributed by atoms with Crippen molar-refractivity contribution in [2.45, 2.75) is 30.7 Å². The van der Waals surface area contributed by atoms with Crippen molar-refractivity contribution >= 4 is 16.0 Å². The van der Waals surface area contributed by atoms with E-state index in [0.29, 0.717) is 23.5 Å². The third kappa shape index (κ3) is 5.88. The molecule has 0 aliphatic heterocycles. The number of nitrogens with one attached hydrogen (secondary N) is 1. The summed E-state index contributed by atoms with van der Waals surface area (Å²) in [5, 5.41) is 9.01. The van der Waals surface area contributed by atoms with Crippen LogP contribution in [0, 0.1) is 0 Å². The molecule has 1 heterocycles. The smallest absolute Gasteiger partial charge is 0.303 e. The molecule has 0 amide bonds. The van der Waals surface area contributed by atoms with E-state index < -0.39 is 22.0 Å². The summed E-state index contributed by atoms with van der Waals surface area (Å²) in [7, 11) is -3.71. The number of aromatic nitrogens is 1. The monoisotopic (exact) mass is 426 g/mol. The van der Waals surface area contributed by atoms with Gasteiger partial charge in [0.05, 0.1) is 11.1 Å². The number of nitrogens with zero attached hydrogens (tertiary/aromatic N) is 1. The van der Waals surface area contributed by atoms with Crippen LogP contribution in [0.2, 0.25) is 0 Å². The highest BCUT2D eigenvalue weighted by molar-refractivity contribution is 7.89. The van der Waals surface area contributed by atoms with Crippen LogP contribution in [-0.2, 0) is 21.2 Å². The molecule has 8 heteroatoms. The van der Waals surface area contributed by atoms with Crippen molar-refractivity contribution in [3.8, 4) is 11.5 Å². The molecule has 0 aliphatic rings. The Morgan fingerprint density at radius 3 is 2.53 bits per heavy atom. The lowest BCUT2D eigenvalue weighted by atomic mass is 10.0. The molecule has 0 saturated carbocycles. The van der Waals surface area contributed by atoms with Crippen LogP contribution >= 0.6 is 0 Å². The van der Waals surface area contributed by atoms with Crippen LogP contribution in [0.15, 0.2) is 78.0 Å². The maximum absolute atomic E-state index is 12.7. The topological polar surface area (TPSA) is 106 Å². The van der Waals surface area contributed by atoms with Gasteiger partial charge >= 0.3 is 5.97 Å². The van der Waals surface area contributed by atoms with Gasteiger partial charge in [-0.1, -0.05) is 24.3 Å². The highest BCUT2D eigenvalue weighted by Gasteiger charge is 2.19. The van der Waals surface area contributed by atoms with Gasteiger partial charge in [-0.2, -0.15) is 0 Å². The van der Waals surface area contributed by atoms with Gasteiger partial charge in [0.15, 0.2) is 0 Å². The number of hydrogen-bond donors (Lipinski definition) is 2. The minimum Gasteiger partial charge on any atom is -0.481 e. The van der Waals surface area contributed by atoms with Gasteiger partial charge in [0.2, 0.25) is 10.0 Å². The van der Waals surface area contributed by atoms with E-state index in [2.05, 4.69) is 9.71 Å². The van der Waals surface area contributed by atoms with Crippen LogP contribution in [-0.4, -0.2) is 24.5 Å². The molecule has 2 N–H and O–H groups in total. The van der Waals surface area contributed by atoms with Crippen molar-refractivity contribution in [1.82, 2.24) is 9.71 Å². The van der Waals surface area contributed by atoms with Gasteiger partial charge < -0.3 is 9.84 Å². The average molecular weight is 426 g/mol. The number of rotatable bonds is 9. The molecule has 1 atom stereocenters. The maximum Gasteiger partial charge on any atom is 0.303 e. The van der Waals surface area contributed by atoms with Gasteiger partial charge in [0.25, 0.3) is 0 Å². The van der Waals surface area contributed by atoms with Crippen molar-refractivity contribution in [2.24, 2.45) is 0 Å². The molecule has 1 unspecified atom stereocenters. The summed E-state index contributed by atoms with van der Waals surface area (Å²) in [5.74, 6) is 0.0935. The maximum atomic E-state index is 12.7. The Labute approximate surface area is 175 Å². The summed E-state index contributed by atoms with van der Waals surface area (Å²) in [6, 6.07) is 16.3. The van der Waals surface area contributed by atoms with Crippen LogP contribution in [0.1, 0.15) is 30.5 Å². The Morgan fingerprint density at radius 1 is 1.10 bits per heavy atom. The summed E-state index contributed by atoms with van der Waals surface area (Å²) >= 11 is 0. The quantitative estimate of drug-likeness (QED) is 0.537. The number of hydrogen-bond acceptors (Lipinski definition) is 5. The molecular formula is C22H22N2O5S. The van der Waals surface area contributed by atoms with Gasteiger partial charge in [-0.05, 0) is 60.9 Å². The molecule has 0 bridgehead atoms. The Bertz CT molecular complexity index is 1100. The molecule has 1 aromatic heterocycles. The zero-order valence-corrected chi connectivity index (χ0v) is 17.2. The fourth-order valence-corrected chi connectivity index (χ4v) is 4.16. The number of aryl methyl sites for hydroxylation is 1. The van der Waals surface area contributed by atoms with E-state index in [0.717, 1.165) is 5.56 Å². The van der Waals surface area contributed by atoms with E-state index >= 15 is 0 Å². The molecule has 3 aromatic rings. The first-order chi connectivity index (χ1) is 14.3. The fraction of sp³-hybridized carbons (Fsp3) is 0.182. The lowest BCUT2D eigenvalue weighted by Gasteiger charge is -2.17. The number of carboxylic acid groups (broad SMARTS) is 1. The van der Waals surface area contributed by atoms with Crippen LogP contribution in [0.25, 0.3) is 0 Å². The first-order valence-corrected chi connectivity index (χ1v) is 10.8. The molecule has 30 heavy (non-hydrogen) atoms. The average Bonchev–Trinajstić information content (AvgIpc) is 2.73. The fourth-order valence-electron chi connectivity index (χ4n) is 2.90. The summed E-state index contributed by atoms with van der Waals surface area (Å²) < 4.78 is 33.8. The summed E-state index contributed by atoms with van der Waals surface area (Å²) in [6.07, 6.45) is 3.44. The largest absolute Gasteiger partial charge is 0.481 e. The highest BCUT2D eigenvalue weighted by atomic mass is 32.2. The van der Waals surface area contributed by atoms with Gasteiger partial charge in [-0.25, -0.2) is 13.1 Å². The van der Waals surface area contributed by atoms with E-state index in [1.54, 1.807) is 67.8 Å². The number of aliphatic carboxylic acids is 1. The molecule has 0 saturated heterocycles. The van der Waals surface area contributed by atoms with Crippen molar-refractivity contribution < 1.29 is 23.1 Å². The molecule has 0 fully saturated rings. The molecule has 0 aliphatic carbocycles. The van der Waals surface area contributed by atoms with E-state index in [-0.39, 0.29) is 11.3 Å². The first kappa shape index (κ1) is 21.5. The molecule has 0 radical (unpaired) electrons. The molecule has 156 valence electrons. The predicted molar refractivity (Wildman–Crippen MR) is 112 cm³/mol. The highest BCUT2D eigenvalue weighted by Crippen LogP contribution is 2.28. The van der Waals surface area contributed by atoms with Crippen molar-refractivity contribution in [3.05, 3.63) is 84.2 Å². The van der Waals surface area contributed by atoms with E-state index in [9.17, 15) is 13.2 Å². The van der Waals surface area contributed by atoms with Crippen molar-refractivity contribution in [2.75, 3.05) is 0 Å². The standard InChI is InChI=1S/C22H22N2O5S/c1-16(24-30(27,28)21-7-3-2-4-8-21)18-12-17(9-10-22(25)26)13-20(14-18)29-19-6-5-11-23-15-19/h2-8,11-16,24H,9-10H2,1H3,(H,25,26). The third-order valence-electron chi connectivity index (χ3n) is 4.37. The Kier molecular flexibility index (Phi) is 6.81. The van der Waals surface area contributed by atoms with Crippen LogP contribution in [0.3, 0.4) is 0 Å². The normalized spacial score (nSPS) is 12.3. The number of pyridine rings is 1. The minimum atomic E-state index is -3.71. The molecule has 0 spiro atoms. The summed E-state index contributed by atoms with van der Waals surface area (Å²) in [6.45, 7) is 1.73. The Balaban J connectivity index is 1.88. The van der Waals surface area contributed by atoms with Gasteiger partial charge in [0, 0.05) is 18.7 Å². The first-order valence-electron chi connectivity index (χ1n) is 9.34. The van der Waals surface area contributed by atoms with E-state index in [1.165, 1.54) is 12.1 Å². The third-order valence-corrected chi connectivity index (χ3v) is 5.93. The number of benzene rings is 2. The number of carboxylic acids is 1. The van der Waals surface area contributed by atoms with Gasteiger partial charge in [0.1, 0.15) is 11.5 Å². The number of sulfonamides is 1. The summed E-state index contributed by atoms with van der Waals surface area (Å²) in [4.78, 5) is 15.2. The molecular weight excluding hydrogens is 404 g/mol. The molecule has 7 nitrogen and oxygen atoms in total. The lowest BCUT2D eigenvalue weighted by molar-refractivity contribution is -0.136. The summed E-state index contributed by atoms with van der Waals surface area (Å²) in [5.41, 5.74) is 1.40. The van der Waals surface area contributed by atoms with E-state index in [1.807, 2.05) is 0 Å². The zero-order valence-electron chi connectivity index (χ0n) is 16.4. The molecule has 3 rings (SSSR count). The second-order valence-corrected chi connectivity index (χ2v) is 8.46. The SMILES string of the molecule is CC(NS(=O)(=O)c1ccccc1)c1cc(CCC(=O)O)cc(Oc2cccnc2)c1. The lowest BCUT2D eigenvalue weighted by Crippen LogP contribution is -2.27. The zero-order chi connectivity index (χ0) is 21.6. The van der Waals surface area contributed by atoms with Crippen molar-refractivity contribution in [3.63, 3.8) is 0 Å². The van der Waals surface area contributed by atoms with Crippen LogP contribution < -0.4 is 9.46 Å².